The number of likely N-dealkylation sites (N-methyl/N-ethyl adjacent to an activating group) is 1. The summed E-state index contributed by atoms with van der Waals surface area (Å²) in [6.07, 6.45) is 3.68. The maximum Gasteiger partial charge on any atom is 0.367 e. The van der Waals surface area contributed by atoms with Crippen molar-refractivity contribution < 1.29 is 9.72 Å². The predicted octanol–water partition coefficient (Wildman–Crippen LogP) is 1.64. The van der Waals surface area contributed by atoms with Gasteiger partial charge in [-0.3, -0.25) is 14.9 Å². The van der Waals surface area contributed by atoms with Crippen LogP contribution in [0.5, 0.6) is 0 Å². The van der Waals surface area contributed by atoms with E-state index in [1.54, 1.807) is 16.8 Å². The first-order chi connectivity index (χ1) is 15.4. The lowest BCUT2D eigenvalue weighted by atomic mass is 9.97. The van der Waals surface area contributed by atoms with Gasteiger partial charge in [0.1, 0.15) is 10.7 Å². The number of carbonyl (C=O) groups excluding carboxylic acids is 1. The minimum absolute atomic E-state index is 0.0173. The van der Waals surface area contributed by atoms with Gasteiger partial charge in [-0.05, 0) is 38.8 Å². The number of nitrogens with one attached hydrogen (secondary N) is 1. The Bertz CT molecular complexity index is 1080. The molecule has 32 heavy (non-hydrogen) atoms. The van der Waals surface area contributed by atoms with E-state index in [0.29, 0.717) is 5.03 Å². The highest BCUT2D eigenvalue weighted by atomic mass is 32.2. The lowest BCUT2D eigenvalue weighted by molar-refractivity contribution is -0.383. The highest BCUT2D eigenvalue weighted by Crippen LogP contribution is 2.29. The van der Waals surface area contributed by atoms with Crippen LogP contribution in [0.2, 0.25) is 0 Å². The minimum atomic E-state index is -0.529. The number of carbonyl (C=O) groups is 1. The number of anilines is 1. The van der Waals surface area contributed by atoms with Gasteiger partial charge in [-0.25, -0.2) is 9.47 Å². The number of para-hydroxylation sites is 2. The second-order valence-electron chi connectivity index (χ2n) is 8.01. The summed E-state index contributed by atoms with van der Waals surface area (Å²) in [7, 11) is 2.07. The molecule has 0 unspecified atom stereocenters. The van der Waals surface area contributed by atoms with Gasteiger partial charge in [0.05, 0.1) is 16.4 Å². The number of nitrogens with zero attached hydrogens (tertiary/aromatic N) is 5. The van der Waals surface area contributed by atoms with Crippen LogP contribution in [0.4, 0.5) is 11.4 Å². The molecule has 1 saturated heterocycles. The normalized spacial score (nSPS) is 16.5. The number of rotatable bonds is 6. The highest BCUT2D eigenvalue weighted by Gasteiger charge is 2.25. The second-order valence-corrected chi connectivity index (χ2v) is 8.98. The number of thioether (sulfide) groups is 1. The van der Waals surface area contributed by atoms with Crippen LogP contribution < -0.4 is 16.0 Å². The van der Waals surface area contributed by atoms with Crippen molar-refractivity contribution in [3.05, 3.63) is 56.1 Å². The molecule has 170 valence electrons. The molecule has 0 spiro atoms. The number of benzene rings is 1. The molecule has 1 fully saturated rings. The van der Waals surface area contributed by atoms with Gasteiger partial charge in [0.15, 0.2) is 0 Å². The number of fused-ring (bicyclic) bond motifs is 1. The standard InChI is InChI=1S/C21H26N6O4S/c1-24-10-12-25(13-11-24)26-17-8-4-2-6-15(17)20(23-21(26)29)32-14-19(28)22-16-7-3-5-9-18(16)27(30)31/h3,5,7,9H,2,4,6,8,10-14H2,1H3,(H,22,28). The molecule has 0 saturated carbocycles. The summed E-state index contributed by atoms with van der Waals surface area (Å²) in [5, 5.41) is 16.4. The number of nitro benzene ring substituents is 1. The molecule has 1 aromatic carbocycles. The molecule has 0 atom stereocenters. The van der Waals surface area contributed by atoms with E-state index < -0.39 is 4.92 Å². The second kappa shape index (κ2) is 9.70. The quantitative estimate of drug-likeness (QED) is 0.301. The number of hydrogen-bond acceptors (Lipinski definition) is 8. The van der Waals surface area contributed by atoms with Gasteiger partial charge in [0.25, 0.3) is 5.69 Å². The maximum atomic E-state index is 13.0. The summed E-state index contributed by atoms with van der Waals surface area (Å²) >= 11 is 1.21. The molecular formula is C21H26N6O4S. The molecule has 4 rings (SSSR count). The summed E-state index contributed by atoms with van der Waals surface area (Å²) in [6.45, 7) is 3.33. The molecule has 1 aliphatic carbocycles. The number of hydrogen-bond donors (Lipinski definition) is 1. The van der Waals surface area contributed by atoms with Crippen molar-refractivity contribution in [1.82, 2.24) is 14.6 Å². The molecule has 2 heterocycles. The Kier molecular flexibility index (Phi) is 6.75. The molecular weight excluding hydrogens is 432 g/mol. The van der Waals surface area contributed by atoms with Crippen molar-refractivity contribution in [2.75, 3.05) is 49.3 Å². The van der Waals surface area contributed by atoms with E-state index in [1.165, 1.54) is 23.9 Å². The van der Waals surface area contributed by atoms with Crippen LogP contribution in [0.15, 0.2) is 34.1 Å². The van der Waals surface area contributed by atoms with Crippen LogP contribution in [0, 0.1) is 10.1 Å². The lowest BCUT2D eigenvalue weighted by Crippen LogP contribution is -2.54. The van der Waals surface area contributed by atoms with Gasteiger partial charge in [-0.15, -0.1) is 0 Å². The molecule has 0 bridgehead atoms. The molecule has 2 aromatic rings. The SMILES string of the molecule is CN1CCN(n2c3c(c(SCC(=O)Nc4ccccc4[N+](=O)[O-])nc2=O)CCCC3)CC1. The van der Waals surface area contributed by atoms with Crippen LogP contribution in [0.25, 0.3) is 0 Å². The van der Waals surface area contributed by atoms with E-state index in [1.807, 2.05) is 0 Å². The monoisotopic (exact) mass is 458 g/mol. The van der Waals surface area contributed by atoms with E-state index in [9.17, 15) is 19.7 Å². The van der Waals surface area contributed by atoms with Crippen molar-refractivity contribution in [3.63, 3.8) is 0 Å². The fourth-order valence-corrected chi connectivity index (χ4v) is 5.01. The third kappa shape index (κ3) is 4.78. The molecule has 1 amide bonds. The summed E-state index contributed by atoms with van der Waals surface area (Å²) in [5.41, 5.74) is 1.73. The van der Waals surface area contributed by atoms with Crippen LogP contribution >= 0.6 is 11.8 Å². The Morgan fingerprint density at radius 1 is 1.19 bits per heavy atom. The smallest absolute Gasteiger partial charge is 0.320 e. The summed E-state index contributed by atoms with van der Waals surface area (Å²) in [4.78, 5) is 42.6. The van der Waals surface area contributed by atoms with Crippen LogP contribution in [-0.2, 0) is 17.6 Å². The number of amides is 1. The number of nitro groups is 1. The first-order valence-corrected chi connectivity index (χ1v) is 11.7. The minimum Gasteiger partial charge on any atom is -0.320 e. The fourth-order valence-electron chi connectivity index (χ4n) is 4.14. The van der Waals surface area contributed by atoms with E-state index in [4.69, 9.17) is 0 Å². The summed E-state index contributed by atoms with van der Waals surface area (Å²) in [5.74, 6) is -0.359. The predicted molar refractivity (Wildman–Crippen MR) is 123 cm³/mol. The first kappa shape index (κ1) is 22.3. The van der Waals surface area contributed by atoms with Crippen molar-refractivity contribution in [2.45, 2.75) is 30.7 Å². The average molecular weight is 459 g/mol. The molecule has 2 aliphatic rings. The third-order valence-corrected chi connectivity index (χ3v) is 6.83. The molecule has 1 aromatic heterocycles. The van der Waals surface area contributed by atoms with Crippen molar-refractivity contribution in [1.29, 1.82) is 0 Å². The van der Waals surface area contributed by atoms with E-state index in [2.05, 4.69) is 27.3 Å². The van der Waals surface area contributed by atoms with Crippen molar-refractivity contribution in [2.24, 2.45) is 0 Å². The largest absolute Gasteiger partial charge is 0.367 e. The third-order valence-electron chi connectivity index (χ3n) is 5.81. The Morgan fingerprint density at radius 2 is 1.91 bits per heavy atom. The zero-order valence-electron chi connectivity index (χ0n) is 18.0. The summed E-state index contributed by atoms with van der Waals surface area (Å²) < 4.78 is 1.75. The van der Waals surface area contributed by atoms with Crippen molar-refractivity contribution in [3.8, 4) is 0 Å². The molecule has 0 radical (unpaired) electrons. The topological polar surface area (TPSA) is 114 Å². The van der Waals surface area contributed by atoms with Gasteiger partial charge in [-0.2, -0.15) is 4.98 Å². The average Bonchev–Trinajstić information content (AvgIpc) is 2.78. The first-order valence-electron chi connectivity index (χ1n) is 10.7. The van der Waals surface area contributed by atoms with Crippen LogP contribution in [-0.4, -0.2) is 64.4 Å². The van der Waals surface area contributed by atoms with E-state index in [0.717, 1.165) is 63.1 Å². The van der Waals surface area contributed by atoms with Gasteiger partial charge in [-0.1, -0.05) is 23.9 Å². The van der Waals surface area contributed by atoms with Crippen LogP contribution in [0.3, 0.4) is 0 Å². The maximum absolute atomic E-state index is 13.0. The Morgan fingerprint density at radius 3 is 2.66 bits per heavy atom. The molecule has 1 aliphatic heterocycles. The Labute approximate surface area is 189 Å². The molecule has 11 heteroatoms. The summed E-state index contributed by atoms with van der Waals surface area (Å²) in [6, 6.07) is 6.02. The van der Waals surface area contributed by atoms with Gasteiger partial charge in [0, 0.05) is 37.8 Å². The number of aromatic nitrogens is 2. The fraction of sp³-hybridized carbons (Fsp3) is 0.476. The Balaban J connectivity index is 1.52. The highest BCUT2D eigenvalue weighted by molar-refractivity contribution is 8.00. The zero-order chi connectivity index (χ0) is 22.7. The molecule has 10 nitrogen and oxygen atoms in total. The van der Waals surface area contributed by atoms with E-state index >= 15 is 0 Å². The van der Waals surface area contributed by atoms with Crippen molar-refractivity contribution >= 4 is 29.0 Å². The molecule has 1 N–H and O–H groups in total. The van der Waals surface area contributed by atoms with Gasteiger partial charge < -0.3 is 15.2 Å². The Hall–Kier alpha value is -2.92. The van der Waals surface area contributed by atoms with Gasteiger partial charge in [0.2, 0.25) is 5.91 Å². The van der Waals surface area contributed by atoms with Crippen LogP contribution in [0.1, 0.15) is 24.1 Å². The lowest BCUT2D eigenvalue weighted by Gasteiger charge is -2.37. The number of piperazine rings is 1. The zero-order valence-corrected chi connectivity index (χ0v) is 18.8. The van der Waals surface area contributed by atoms with E-state index in [-0.39, 0.29) is 28.7 Å². The van der Waals surface area contributed by atoms with Gasteiger partial charge >= 0.3 is 5.69 Å².